The summed E-state index contributed by atoms with van der Waals surface area (Å²) in [6, 6.07) is 3.71. The van der Waals surface area contributed by atoms with Gasteiger partial charge in [-0.05, 0) is 6.92 Å². The van der Waals surface area contributed by atoms with E-state index in [0.29, 0.717) is 13.0 Å². The van der Waals surface area contributed by atoms with E-state index in [1.165, 1.54) is 0 Å². The minimum Gasteiger partial charge on any atom is -0.495 e. The summed E-state index contributed by atoms with van der Waals surface area (Å²) in [6.07, 6.45) is 0.510. The number of nitrogens with zero attached hydrogens (tertiary/aromatic N) is 2. The molecule has 0 aliphatic carbocycles. The van der Waals surface area contributed by atoms with Crippen LogP contribution in [0.25, 0.3) is 0 Å². The Bertz CT molecular complexity index is 373. The molecule has 1 heterocycles. The van der Waals surface area contributed by atoms with Gasteiger partial charge in [-0.25, -0.2) is 4.79 Å². The summed E-state index contributed by atoms with van der Waals surface area (Å²) in [5.74, 6) is -1.08. The Kier molecular flexibility index (Phi) is 3.70. The lowest BCUT2D eigenvalue weighted by Gasteiger charge is -2.05. The van der Waals surface area contributed by atoms with Crippen LogP contribution >= 0.6 is 0 Å². The summed E-state index contributed by atoms with van der Waals surface area (Å²) in [7, 11) is 0. The van der Waals surface area contributed by atoms with Crippen molar-refractivity contribution >= 4 is 5.97 Å². The van der Waals surface area contributed by atoms with Gasteiger partial charge in [-0.3, -0.25) is 0 Å². The number of ether oxygens (including phenoxy) is 2. The zero-order valence-corrected chi connectivity index (χ0v) is 8.32. The van der Waals surface area contributed by atoms with Crippen molar-refractivity contribution in [2.24, 2.45) is 5.92 Å². The Hall–Kier alpha value is -2.01. The van der Waals surface area contributed by atoms with Gasteiger partial charge >= 0.3 is 5.97 Å². The molecule has 0 aromatic rings. The van der Waals surface area contributed by atoms with E-state index in [0.717, 1.165) is 0 Å². The van der Waals surface area contributed by atoms with E-state index in [-0.39, 0.29) is 17.9 Å². The van der Waals surface area contributed by atoms with Crippen molar-refractivity contribution < 1.29 is 14.3 Å². The lowest BCUT2D eigenvalue weighted by Crippen LogP contribution is -2.11. The molecule has 15 heavy (non-hydrogen) atoms. The van der Waals surface area contributed by atoms with Crippen molar-refractivity contribution in [2.75, 3.05) is 13.2 Å². The lowest BCUT2D eigenvalue weighted by molar-refractivity contribution is -0.138. The molecule has 0 radical (unpaired) electrons. The third-order valence-corrected chi connectivity index (χ3v) is 1.97. The first-order valence-corrected chi connectivity index (χ1v) is 4.58. The standard InChI is InChI=1S/C10H10N2O3/c1-2-14-10(13)8(6-12)9-7(5-11)3-4-15-9/h7H,2-4H2,1H3/b9-8+. The average Bonchev–Trinajstić information content (AvgIpc) is 2.67. The van der Waals surface area contributed by atoms with Crippen LogP contribution in [-0.2, 0) is 14.3 Å². The SMILES string of the molecule is CCOC(=O)/C(C#N)=C1/OCCC1C#N. The fourth-order valence-corrected chi connectivity index (χ4v) is 1.29. The topological polar surface area (TPSA) is 83.1 Å². The maximum Gasteiger partial charge on any atom is 0.352 e. The minimum absolute atomic E-state index is 0.151. The average molecular weight is 206 g/mol. The number of esters is 1. The summed E-state index contributed by atoms with van der Waals surface area (Å²) in [5, 5.41) is 17.6. The zero-order valence-electron chi connectivity index (χ0n) is 8.32. The van der Waals surface area contributed by atoms with Gasteiger partial charge in [0.25, 0.3) is 0 Å². The van der Waals surface area contributed by atoms with E-state index in [2.05, 4.69) is 0 Å². The molecule has 78 valence electrons. The van der Waals surface area contributed by atoms with Crippen LogP contribution in [0.15, 0.2) is 11.3 Å². The molecule has 0 amide bonds. The molecule has 1 atom stereocenters. The van der Waals surface area contributed by atoms with Gasteiger partial charge in [-0.15, -0.1) is 0 Å². The summed E-state index contributed by atoms with van der Waals surface area (Å²) < 4.78 is 9.80. The molecular formula is C10H10N2O3. The van der Waals surface area contributed by atoms with Crippen molar-refractivity contribution in [2.45, 2.75) is 13.3 Å². The molecule has 0 aromatic carbocycles. The second-order valence-electron chi connectivity index (χ2n) is 2.89. The zero-order chi connectivity index (χ0) is 11.3. The highest BCUT2D eigenvalue weighted by atomic mass is 16.5. The third-order valence-electron chi connectivity index (χ3n) is 1.97. The van der Waals surface area contributed by atoms with E-state index in [1.807, 2.05) is 6.07 Å². The Balaban J connectivity index is 2.99. The van der Waals surface area contributed by atoms with E-state index >= 15 is 0 Å². The monoisotopic (exact) mass is 206 g/mol. The molecule has 1 rings (SSSR count). The molecule has 0 N–H and O–H groups in total. The van der Waals surface area contributed by atoms with E-state index < -0.39 is 11.9 Å². The highest BCUT2D eigenvalue weighted by Crippen LogP contribution is 2.27. The van der Waals surface area contributed by atoms with Crippen molar-refractivity contribution in [3.8, 4) is 12.1 Å². The molecule has 0 spiro atoms. The summed E-state index contributed by atoms with van der Waals surface area (Å²) in [5.41, 5.74) is -0.194. The highest BCUT2D eigenvalue weighted by Gasteiger charge is 2.29. The summed E-state index contributed by atoms with van der Waals surface area (Å²) >= 11 is 0. The Morgan fingerprint density at radius 3 is 2.93 bits per heavy atom. The maximum absolute atomic E-state index is 11.3. The highest BCUT2D eigenvalue weighted by molar-refractivity contribution is 5.93. The van der Waals surface area contributed by atoms with Gasteiger partial charge in [-0.1, -0.05) is 0 Å². The number of carbonyl (C=O) groups is 1. The van der Waals surface area contributed by atoms with Crippen LogP contribution in [0.2, 0.25) is 0 Å². The summed E-state index contributed by atoms with van der Waals surface area (Å²) in [4.78, 5) is 11.3. The number of nitriles is 2. The predicted molar refractivity (Wildman–Crippen MR) is 48.9 cm³/mol. The Morgan fingerprint density at radius 1 is 1.67 bits per heavy atom. The second-order valence-corrected chi connectivity index (χ2v) is 2.89. The molecule has 5 heteroatoms. The van der Waals surface area contributed by atoms with Crippen molar-refractivity contribution in [3.63, 3.8) is 0 Å². The molecule has 0 saturated carbocycles. The van der Waals surface area contributed by atoms with Crippen LogP contribution in [0.5, 0.6) is 0 Å². The molecular weight excluding hydrogens is 196 g/mol. The molecule has 1 fully saturated rings. The van der Waals surface area contributed by atoms with E-state index in [9.17, 15) is 4.79 Å². The molecule has 1 aliphatic heterocycles. The second kappa shape index (κ2) is 5.02. The number of hydrogen-bond donors (Lipinski definition) is 0. The molecule has 1 unspecified atom stereocenters. The number of carbonyl (C=O) groups excluding carboxylic acids is 1. The third kappa shape index (κ3) is 2.26. The minimum atomic E-state index is -0.725. The van der Waals surface area contributed by atoms with Crippen molar-refractivity contribution in [3.05, 3.63) is 11.3 Å². The predicted octanol–water partition coefficient (Wildman–Crippen LogP) is 0.887. The van der Waals surface area contributed by atoms with E-state index in [1.54, 1.807) is 13.0 Å². The van der Waals surface area contributed by atoms with Gasteiger partial charge < -0.3 is 9.47 Å². The normalized spacial score (nSPS) is 22.2. The lowest BCUT2D eigenvalue weighted by atomic mass is 10.0. The first-order chi connectivity index (χ1) is 7.24. The smallest absolute Gasteiger partial charge is 0.352 e. The van der Waals surface area contributed by atoms with Gasteiger partial charge in [0.15, 0.2) is 5.57 Å². The fourth-order valence-electron chi connectivity index (χ4n) is 1.29. The van der Waals surface area contributed by atoms with E-state index in [4.69, 9.17) is 20.0 Å². The number of rotatable bonds is 2. The van der Waals surface area contributed by atoms with Crippen LogP contribution in [0.3, 0.4) is 0 Å². The fraction of sp³-hybridized carbons (Fsp3) is 0.500. The molecule has 0 aromatic heterocycles. The van der Waals surface area contributed by atoms with Crippen molar-refractivity contribution in [1.29, 1.82) is 10.5 Å². The number of hydrogen-bond acceptors (Lipinski definition) is 5. The molecule has 1 aliphatic rings. The van der Waals surface area contributed by atoms with Crippen LogP contribution in [0.1, 0.15) is 13.3 Å². The Labute approximate surface area is 87.5 Å². The van der Waals surface area contributed by atoms with Crippen LogP contribution in [0.4, 0.5) is 0 Å². The molecule has 1 saturated heterocycles. The van der Waals surface area contributed by atoms with Gasteiger partial charge in [-0.2, -0.15) is 10.5 Å². The molecule has 5 nitrogen and oxygen atoms in total. The van der Waals surface area contributed by atoms with Crippen LogP contribution < -0.4 is 0 Å². The maximum atomic E-state index is 11.3. The Morgan fingerprint density at radius 2 is 2.40 bits per heavy atom. The van der Waals surface area contributed by atoms with Gasteiger partial charge in [0.05, 0.1) is 19.3 Å². The summed E-state index contributed by atoms with van der Waals surface area (Å²) in [6.45, 7) is 2.20. The van der Waals surface area contributed by atoms with Gasteiger partial charge in [0.2, 0.25) is 0 Å². The molecule has 0 bridgehead atoms. The van der Waals surface area contributed by atoms with Gasteiger partial charge in [0.1, 0.15) is 17.7 Å². The first-order valence-electron chi connectivity index (χ1n) is 4.58. The first kappa shape index (κ1) is 11.1. The van der Waals surface area contributed by atoms with Crippen molar-refractivity contribution in [1.82, 2.24) is 0 Å². The largest absolute Gasteiger partial charge is 0.495 e. The van der Waals surface area contributed by atoms with Crippen LogP contribution in [0, 0.1) is 28.6 Å². The van der Waals surface area contributed by atoms with Gasteiger partial charge in [0, 0.05) is 6.42 Å². The quantitative estimate of drug-likeness (QED) is 0.380. The number of allylic oxidation sites excluding steroid dienone is 1. The van der Waals surface area contributed by atoms with Crippen LogP contribution in [-0.4, -0.2) is 19.2 Å².